The number of non-ortho nitro benzene ring substituents is 1. The van der Waals surface area contributed by atoms with Gasteiger partial charge >= 0.3 is 5.82 Å². The van der Waals surface area contributed by atoms with Crippen LogP contribution in [0.5, 0.6) is 0 Å². The summed E-state index contributed by atoms with van der Waals surface area (Å²) < 4.78 is 6.96. The van der Waals surface area contributed by atoms with Gasteiger partial charge in [0.15, 0.2) is 5.76 Å². The lowest BCUT2D eigenvalue weighted by atomic mass is 10.3. The summed E-state index contributed by atoms with van der Waals surface area (Å²) in [5.41, 5.74) is 0.281. The predicted molar refractivity (Wildman–Crippen MR) is 95.4 cm³/mol. The second-order valence-electron chi connectivity index (χ2n) is 5.28. The number of furan rings is 1. The average molecular weight is 436 g/mol. The van der Waals surface area contributed by atoms with Crippen LogP contribution in [0.4, 0.5) is 17.2 Å². The lowest BCUT2D eigenvalue weighted by Crippen LogP contribution is -2.10. The van der Waals surface area contributed by atoms with Gasteiger partial charge in [-0.1, -0.05) is 0 Å². The predicted octanol–water partition coefficient (Wildman–Crippen LogP) is 3.36. The van der Waals surface area contributed by atoms with E-state index in [-0.39, 0.29) is 28.3 Å². The van der Waals surface area contributed by atoms with E-state index in [2.05, 4.69) is 26.3 Å². The number of amides is 1. The molecule has 11 nitrogen and oxygen atoms in total. The highest BCUT2D eigenvalue weighted by Gasteiger charge is 2.20. The van der Waals surface area contributed by atoms with E-state index in [1.807, 2.05) is 0 Å². The van der Waals surface area contributed by atoms with E-state index in [9.17, 15) is 25.0 Å². The second-order valence-corrected chi connectivity index (χ2v) is 6.13. The Kier molecular flexibility index (Phi) is 4.98. The second kappa shape index (κ2) is 7.37. The molecule has 27 heavy (non-hydrogen) atoms. The minimum Gasteiger partial charge on any atom is -0.454 e. The molecule has 1 aromatic carbocycles. The van der Waals surface area contributed by atoms with Crippen molar-refractivity contribution in [2.24, 2.45) is 0 Å². The molecule has 0 unspecified atom stereocenters. The number of halogens is 1. The zero-order valence-corrected chi connectivity index (χ0v) is 15.0. The van der Waals surface area contributed by atoms with E-state index in [1.165, 1.54) is 41.2 Å². The third kappa shape index (κ3) is 4.17. The van der Waals surface area contributed by atoms with Gasteiger partial charge in [-0.25, -0.2) is 0 Å². The van der Waals surface area contributed by atoms with Gasteiger partial charge < -0.3 is 19.8 Å². The molecule has 0 aliphatic rings. The van der Waals surface area contributed by atoms with Crippen LogP contribution in [0.15, 0.2) is 51.5 Å². The molecule has 138 valence electrons. The highest BCUT2D eigenvalue weighted by molar-refractivity contribution is 9.10. The van der Waals surface area contributed by atoms with Crippen molar-refractivity contribution in [1.29, 1.82) is 0 Å². The number of rotatable bonds is 6. The Morgan fingerprint density at radius 2 is 1.85 bits per heavy atom. The summed E-state index contributed by atoms with van der Waals surface area (Å²) in [5, 5.41) is 27.8. The van der Waals surface area contributed by atoms with Crippen LogP contribution >= 0.6 is 15.9 Å². The number of aromatic nitrogens is 2. The van der Waals surface area contributed by atoms with Crippen molar-refractivity contribution < 1.29 is 19.1 Å². The van der Waals surface area contributed by atoms with Crippen LogP contribution in [-0.2, 0) is 6.54 Å². The molecule has 0 aliphatic carbocycles. The Labute approximate surface area is 159 Å². The number of carbonyl (C=O) groups excluding carboxylic acids is 1. The topological polar surface area (TPSA) is 146 Å². The fourth-order valence-corrected chi connectivity index (χ4v) is 2.66. The number of carbonyl (C=O) groups is 1. The molecule has 0 aliphatic heterocycles. The monoisotopic (exact) mass is 435 g/mol. The number of nitro benzene ring substituents is 1. The SMILES string of the molecule is O=C(Nc1ccc([N+](=O)[O-])cc1)c1ccc(Cn2cc(Br)c([N+](=O)[O-])n2)o1. The van der Waals surface area contributed by atoms with Crippen molar-refractivity contribution >= 4 is 39.0 Å². The lowest BCUT2D eigenvalue weighted by Gasteiger charge is -2.02. The number of nitrogens with one attached hydrogen (secondary N) is 1. The van der Waals surface area contributed by atoms with E-state index < -0.39 is 15.8 Å². The van der Waals surface area contributed by atoms with Crippen LogP contribution in [0.25, 0.3) is 0 Å². The summed E-state index contributed by atoms with van der Waals surface area (Å²) in [6.45, 7) is 0.0945. The van der Waals surface area contributed by atoms with Crippen LogP contribution in [0.1, 0.15) is 16.3 Å². The van der Waals surface area contributed by atoms with E-state index >= 15 is 0 Å². The molecule has 0 spiro atoms. The molecule has 1 N–H and O–H groups in total. The van der Waals surface area contributed by atoms with Crippen LogP contribution in [0.3, 0.4) is 0 Å². The Morgan fingerprint density at radius 1 is 1.15 bits per heavy atom. The van der Waals surface area contributed by atoms with Crippen LogP contribution in [-0.4, -0.2) is 25.5 Å². The van der Waals surface area contributed by atoms with Gasteiger partial charge in [0.1, 0.15) is 16.8 Å². The third-order valence-electron chi connectivity index (χ3n) is 3.41. The first-order valence-electron chi connectivity index (χ1n) is 7.35. The van der Waals surface area contributed by atoms with Crippen LogP contribution < -0.4 is 5.32 Å². The van der Waals surface area contributed by atoms with Gasteiger partial charge in [-0.2, -0.15) is 4.68 Å². The van der Waals surface area contributed by atoms with Crippen molar-refractivity contribution in [3.05, 3.63) is 78.8 Å². The Balaban J connectivity index is 1.67. The van der Waals surface area contributed by atoms with Crippen molar-refractivity contribution in [1.82, 2.24) is 9.78 Å². The van der Waals surface area contributed by atoms with Crippen LogP contribution in [0, 0.1) is 20.2 Å². The quantitative estimate of drug-likeness (QED) is 0.460. The first kappa shape index (κ1) is 18.3. The standard InChI is InChI=1S/C15H10BrN5O6/c16-12-8-19(18-14(12)21(25)26)7-11-5-6-13(27-11)15(22)17-9-1-3-10(4-2-9)20(23)24/h1-6,8H,7H2,(H,17,22). The molecule has 2 aromatic heterocycles. The summed E-state index contributed by atoms with van der Waals surface area (Å²) in [6, 6.07) is 8.34. The van der Waals surface area contributed by atoms with E-state index in [1.54, 1.807) is 6.07 Å². The van der Waals surface area contributed by atoms with Gasteiger partial charge in [-0.15, -0.1) is 0 Å². The summed E-state index contributed by atoms with van der Waals surface area (Å²) in [4.78, 5) is 32.5. The van der Waals surface area contributed by atoms with Crippen molar-refractivity contribution in [3.8, 4) is 0 Å². The number of nitro groups is 2. The molecule has 3 aromatic rings. The molecule has 0 fully saturated rings. The molecular weight excluding hydrogens is 426 g/mol. The van der Waals surface area contributed by atoms with Gasteiger partial charge in [-0.3, -0.25) is 14.9 Å². The molecule has 2 heterocycles. The van der Waals surface area contributed by atoms with E-state index in [0.29, 0.717) is 11.4 Å². The van der Waals surface area contributed by atoms with Crippen LogP contribution in [0.2, 0.25) is 0 Å². The molecule has 0 saturated carbocycles. The van der Waals surface area contributed by atoms with Gasteiger partial charge in [-0.05, 0) is 45.1 Å². The van der Waals surface area contributed by atoms with Crippen molar-refractivity contribution in [2.75, 3.05) is 5.32 Å². The van der Waals surface area contributed by atoms with Gasteiger partial charge in [0.2, 0.25) is 0 Å². The third-order valence-corrected chi connectivity index (χ3v) is 3.97. The summed E-state index contributed by atoms with van der Waals surface area (Å²) in [6.07, 6.45) is 1.43. The number of hydrogen-bond acceptors (Lipinski definition) is 7. The average Bonchev–Trinajstić information content (AvgIpc) is 3.22. The molecule has 1 amide bonds. The molecule has 0 radical (unpaired) electrons. The lowest BCUT2D eigenvalue weighted by molar-refractivity contribution is -0.390. The van der Waals surface area contributed by atoms with Gasteiger partial charge in [0.05, 0.1) is 16.2 Å². The van der Waals surface area contributed by atoms with Gasteiger partial charge in [0.25, 0.3) is 11.6 Å². The largest absolute Gasteiger partial charge is 0.454 e. The maximum Gasteiger partial charge on any atom is 0.404 e. The zero-order valence-electron chi connectivity index (χ0n) is 13.4. The maximum atomic E-state index is 12.2. The number of hydrogen-bond donors (Lipinski definition) is 1. The molecule has 0 atom stereocenters. The normalized spacial score (nSPS) is 10.6. The first-order chi connectivity index (χ1) is 12.8. The minimum absolute atomic E-state index is 0.0177. The molecule has 12 heteroatoms. The van der Waals surface area contributed by atoms with E-state index in [0.717, 1.165) is 0 Å². The Morgan fingerprint density at radius 3 is 2.44 bits per heavy atom. The molecule has 0 bridgehead atoms. The van der Waals surface area contributed by atoms with Gasteiger partial charge in [0, 0.05) is 17.8 Å². The Hall–Kier alpha value is -3.54. The van der Waals surface area contributed by atoms with Crippen molar-refractivity contribution in [2.45, 2.75) is 6.54 Å². The highest BCUT2D eigenvalue weighted by Crippen LogP contribution is 2.23. The minimum atomic E-state index is -0.619. The number of nitrogens with zero attached hydrogens (tertiary/aromatic N) is 4. The number of anilines is 1. The summed E-state index contributed by atoms with van der Waals surface area (Å²) in [5.74, 6) is -0.474. The molecular formula is C15H10BrN5O6. The van der Waals surface area contributed by atoms with E-state index in [4.69, 9.17) is 4.42 Å². The maximum absolute atomic E-state index is 12.2. The Bertz CT molecular complexity index is 1030. The number of benzene rings is 1. The fraction of sp³-hybridized carbons (Fsp3) is 0.0667. The smallest absolute Gasteiger partial charge is 0.404 e. The molecule has 0 saturated heterocycles. The highest BCUT2D eigenvalue weighted by atomic mass is 79.9. The fourth-order valence-electron chi connectivity index (χ4n) is 2.20. The first-order valence-corrected chi connectivity index (χ1v) is 8.14. The molecule has 3 rings (SSSR count). The zero-order chi connectivity index (χ0) is 19.6. The summed E-state index contributed by atoms with van der Waals surface area (Å²) >= 11 is 3.05. The summed E-state index contributed by atoms with van der Waals surface area (Å²) in [7, 11) is 0. The van der Waals surface area contributed by atoms with Crippen molar-refractivity contribution in [3.63, 3.8) is 0 Å².